The van der Waals surface area contributed by atoms with E-state index >= 15 is 0 Å². The molecule has 0 spiro atoms. The number of fused-ring (bicyclic) bond motifs is 1. The van der Waals surface area contributed by atoms with Gasteiger partial charge in [-0.2, -0.15) is 0 Å². The predicted molar refractivity (Wildman–Crippen MR) is 123 cm³/mol. The highest BCUT2D eigenvalue weighted by Crippen LogP contribution is 2.58. The molecule has 6 atom stereocenters. The van der Waals surface area contributed by atoms with E-state index in [0.29, 0.717) is 24.2 Å². The predicted octanol–water partition coefficient (Wildman–Crippen LogP) is 6.59. The van der Waals surface area contributed by atoms with Crippen molar-refractivity contribution in [2.75, 3.05) is 0 Å². The van der Waals surface area contributed by atoms with Crippen molar-refractivity contribution in [2.24, 2.45) is 29.1 Å². The smallest absolute Gasteiger partial charge is 0.0777 e. The molecule has 3 aliphatic rings. The molecule has 1 saturated carbocycles. The minimum atomic E-state index is -0.494. The molecule has 1 fully saturated rings. The van der Waals surface area contributed by atoms with E-state index in [1.807, 2.05) is 6.92 Å². The summed E-state index contributed by atoms with van der Waals surface area (Å²) in [6, 6.07) is 0. The molecule has 2 N–H and O–H groups in total. The van der Waals surface area contributed by atoms with Crippen molar-refractivity contribution in [1.29, 1.82) is 0 Å². The Labute approximate surface area is 179 Å². The van der Waals surface area contributed by atoms with Gasteiger partial charge >= 0.3 is 0 Å². The summed E-state index contributed by atoms with van der Waals surface area (Å²) >= 11 is 0. The van der Waals surface area contributed by atoms with Crippen LogP contribution in [0.3, 0.4) is 0 Å². The first-order valence-electron chi connectivity index (χ1n) is 12.2. The largest absolute Gasteiger partial charge is 0.393 e. The molecule has 2 heteroatoms. The Morgan fingerprint density at radius 2 is 1.90 bits per heavy atom. The molecular weight excluding hydrogens is 356 g/mol. The number of aliphatic hydroxyl groups is 2. The van der Waals surface area contributed by atoms with Crippen molar-refractivity contribution < 1.29 is 10.2 Å². The minimum Gasteiger partial charge on any atom is -0.393 e. The van der Waals surface area contributed by atoms with Gasteiger partial charge in [-0.15, -0.1) is 0 Å². The quantitative estimate of drug-likeness (QED) is 0.506. The van der Waals surface area contributed by atoms with Crippen LogP contribution in [0.5, 0.6) is 0 Å². The van der Waals surface area contributed by atoms with Gasteiger partial charge in [-0.3, -0.25) is 0 Å². The van der Waals surface area contributed by atoms with Gasteiger partial charge in [-0.05, 0) is 84.8 Å². The Hall–Kier alpha value is -0.860. The average molecular weight is 401 g/mol. The fourth-order valence-corrected chi connectivity index (χ4v) is 6.57. The van der Waals surface area contributed by atoms with Crippen LogP contribution in [-0.4, -0.2) is 22.4 Å². The van der Waals surface area contributed by atoms with Crippen LogP contribution in [-0.2, 0) is 0 Å². The zero-order valence-corrected chi connectivity index (χ0v) is 19.5. The third kappa shape index (κ3) is 5.07. The van der Waals surface area contributed by atoms with Crippen molar-refractivity contribution in [2.45, 2.75) is 105 Å². The summed E-state index contributed by atoms with van der Waals surface area (Å²) in [7, 11) is 0. The summed E-state index contributed by atoms with van der Waals surface area (Å²) in [4.78, 5) is 0. The normalized spacial score (nSPS) is 36.6. The van der Waals surface area contributed by atoms with Crippen LogP contribution in [0.1, 0.15) is 92.4 Å². The molecule has 3 rings (SSSR count). The van der Waals surface area contributed by atoms with Crippen LogP contribution in [0.15, 0.2) is 34.9 Å². The zero-order valence-electron chi connectivity index (χ0n) is 19.5. The molecular formula is C27H44O2. The molecule has 3 aliphatic carbocycles. The van der Waals surface area contributed by atoms with E-state index in [2.05, 4.69) is 45.9 Å². The molecule has 0 aliphatic heterocycles. The van der Waals surface area contributed by atoms with E-state index < -0.39 is 12.2 Å². The number of allylic oxidation sites excluding steroid dienone is 4. The van der Waals surface area contributed by atoms with Gasteiger partial charge in [0.1, 0.15) is 0 Å². The minimum absolute atomic E-state index is 0.415. The van der Waals surface area contributed by atoms with Crippen LogP contribution < -0.4 is 0 Å². The van der Waals surface area contributed by atoms with Gasteiger partial charge in [0.15, 0.2) is 0 Å². The first-order chi connectivity index (χ1) is 13.7. The van der Waals surface area contributed by atoms with Crippen molar-refractivity contribution in [3.63, 3.8) is 0 Å². The number of hydrogen-bond acceptors (Lipinski definition) is 2. The van der Waals surface area contributed by atoms with Crippen molar-refractivity contribution in [3.8, 4) is 0 Å². The third-order valence-corrected chi connectivity index (χ3v) is 8.44. The second-order valence-electron chi connectivity index (χ2n) is 10.9. The second kappa shape index (κ2) is 9.52. The van der Waals surface area contributed by atoms with Crippen LogP contribution in [0.25, 0.3) is 0 Å². The molecule has 0 saturated heterocycles. The van der Waals surface area contributed by atoms with Gasteiger partial charge in [0, 0.05) is 6.42 Å². The third-order valence-electron chi connectivity index (χ3n) is 8.44. The molecule has 164 valence electrons. The van der Waals surface area contributed by atoms with Crippen molar-refractivity contribution in [1.82, 2.24) is 0 Å². The molecule has 2 nitrogen and oxygen atoms in total. The zero-order chi connectivity index (χ0) is 21.2. The Kier molecular flexibility index (Phi) is 7.49. The van der Waals surface area contributed by atoms with E-state index in [-0.39, 0.29) is 0 Å². The molecule has 0 heterocycles. The molecule has 29 heavy (non-hydrogen) atoms. The lowest BCUT2D eigenvalue weighted by molar-refractivity contribution is 0.0878. The average Bonchev–Trinajstić information content (AvgIpc) is 3.00. The Balaban J connectivity index is 1.69. The number of aliphatic hydroxyl groups excluding tert-OH is 2. The van der Waals surface area contributed by atoms with E-state index in [1.54, 1.807) is 0 Å². The van der Waals surface area contributed by atoms with Gasteiger partial charge < -0.3 is 10.2 Å². The van der Waals surface area contributed by atoms with E-state index in [1.165, 1.54) is 50.5 Å². The summed E-state index contributed by atoms with van der Waals surface area (Å²) in [5, 5.41) is 20.2. The van der Waals surface area contributed by atoms with Gasteiger partial charge in [0.25, 0.3) is 0 Å². The topological polar surface area (TPSA) is 40.5 Å². The fraction of sp³-hybridized carbons (Fsp3) is 0.778. The molecule has 0 amide bonds. The van der Waals surface area contributed by atoms with Crippen molar-refractivity contribution in [3.05, 3.63) is 34.9 Å². The highest BCUT2D eigenvalue weighted by atomic mass is 16.3. The monoisotopic (exact) mass is 400 g/mol. The van der Waals surface area contributed by atoms with E-state index in [9.17, 15) is 10.2 Å². The van der Waals surface area contributed by atoms with Crippen molar-refractivity contribution >= 4 is 0 Å². The first-order valence-corrected chi connectivity index (χ1v) is 12.2. The maximum atomic E-state index is 10.2. The summed E-state index contributed by atoms with van der Waals surface area (Å²) in [5.41, 5.74) is 4.10. The molecule has 0 radical (unpaired) electrons. The Bertz CT molecular complexity index is 655. The summed E-state index contributed by atoms with van der Waals surface area (Å²) < 4.78 is 0. The highest BCUT2D eigenvalue weighted by molar-refractivity contribution is 5.37. The molecule has 0 aromatic carbocycles. The number of rotatable bonds is 7. The van der Waals surface area contributed by atoms with E-state index in [0.717, 1.165) is 28.9 Å². The summed E-state index contributed by atoms with van der Waals surface area (Å²) in [6.07, 6.45) is 16.5. The van der Waals surface area contributed by atoms with Crippen LogP contribution in [0.4, 0.5) is 0 Å². The van der Waals surface area contributed by atoms with Gasteiger partial charge in [0.05, 0.1) is 12.2 Å². The van der Waals surface area contributed by atoms with Crippen LogP contribution >= 0.6 is 0 Å². The number of hydrogen-bond donors (Lipinski definition) is 2. The first kappa shape index (κ1) is 22.8. The highest BCUT2D eigenvalue weighted by Gasteiger charge is 2.49. The van der Waals surface area contributed by atoms with Gasteiger partial charge in [0.2, 0.25) is 0 Å². The van der Waals surface area contributed by atoms with Gasteiger partial charge in [-0.25, -0.2) is 0 Å². The standard InChI is InChI=1S/C27H44O2/c1-18(2)8-6-9-19(3)24-13-14-25-21(10-7-15-27(24,25)5)11-12-22-16-23(28)17-26(29)20(22)4/h10-12,18-19,23-26,28-29H,6-9,13-17H2,1-5H3/b12-11-/t19-,23-,24?,25?,26?,27-/m1/s1. The maximum Gasteiger partial charge on any atom is 0.0777 e. The SMILES string of the molecule is CC1=C(/C=C\C2=CCC[C@@]3(C)C2CCC3[C@H](C)CCCC(C)C)C[C@@H](O)CC1O. The van der Waals surface area contributed by atoms with E-state index in [4.69, 9.17) is 0 Å². The Morgan fingerprint density at radius 3 is 2.62 bits per heavy atom. The molecule has 0 aromatic rings. The molecule has 0 aromatic heterocycles. The summed E-state index contributed by atoms with van der Waals surface area (Å²) in [6.45, 7) is 11.8. The molecule has 0 bridgehead atoms. The Morgan fingerprint density at radius 1 is 1.14 bits per heavy atom. The van der Waals surface area contributed by atoms with Crippen LogP contribution in [0.2, 0.25) is 0 Å². The van der Waals surface area contributed by atoms with Gasteiger partial charge in [-0.1, -0.05) is 65.2 Å². The summed E-state index contributed by atoms with van der Waals surface area (Å²) in [5.74, 6) is 3.15. The lowest BCUT2D eigenvalue weighted by atomic mass is 9.62. The maximum absolute atomic E-state index is 10.2. The lowest BCUT2D eigenvalue weighted by Gasteiger charge is -2.43. The second-order valence-corrected chi connectivity index (χ2v) is 10.9. The molecule has 3 unspecified atom stereocenters. The fourth-order valence-electron chi connectivity index (χ4n) is 6.57. The lowest BCUT2D eigenvalue weighted by Crippen LogP contribution is -2.35. The van der Waals surface area contributed by atoms with Crippen LogP contribution in [0, 0.1) is 29.1 Å².